The Kier molecular flexibility index (Phi) is 3.83. The van der Waals surface area contributed by atoms with Gasteiger partial charge in [0.05, 0.1) is 19.3 Å². The average molecular weight is 354 g/mol. The molecule has 3 aromatic rings. The Morgan fingerprint density at radius 2 is 2.12 bits per heavy atom. The molecule has 0 unspecified atom stereocenters. The van der Waals surface area contributed by atoms with Crippen LogP contribution in [0.3, 0.4) is 0 Å². The second-order valence-electron chi connectivity index (χ2n) is 6.00. The number of carbonyl (C=O) groups is 1. The molecule has 1 atom stereocenters. The molecular formula is C17H15FN6O2. The molecule has 0 N–H and O–H groups in total. The molecule has 0 radical (unpaired) electrons. The molecule has 1 aromatic carbocycles. The van der Waals surface area contributed by atoms with Crippen LogP contribution >= 0.6 is 0 Å². The van der Waals surface area contributed by atoms with Gasteiger partial charge in [-0.1, -0.05) is 6.07 Å². The molecule has 8 nitrogen and oxygen atoms in total. The minimum atomic E-state index is -0.466. The first-order chi connectivity index (χ1) is 12.5. The Morgan fingerprint density at radius 1 is 1.27 bits per heavy atom. The summed E-state index contributed by atoms with van der Waals surface area (Å²) in [5, 5.41) is 11.7. The Morgan fingerprint density at radius 3 is 2.69 bits per heavy atom. The Labute approximate surface area is 148 Å². The van der Waals surface area contributed by atoms with Crippen molar-refractivity contribution in [3.8, 4) is 22.6 Å². The molecule has 2 aromatic heterocycles. The number of hydrogen-bond acceptors (Lipinski definition) is 6. The standard InChI is InChI=1S/C17H15FN6O2/c1-10-9-24(17(25)26-10)12-4-5-13(14(18)7-12)11-3-6-15(19-8-11)16-20-22-23(2)21-16/h3-8,10H,9H2,1-2H3/t10-/m1/s1. The van der Waals surface area contributed by atoms with Crippen LogP contribution in [0.5, 0.6) is 0 Å². The van der Waals surface area contributed by atoms with Crippen LogP contribution in [0.4, 0.5) is 14.9 Å². The summed E-state index contributed by atoms with van der Waals surface area (Å²) in [6.45, 7) is 2.20. The second-order valence-corrected chi connectivity index (χ2v) is 6.00. The van der Waals surface area contributed by atoms with Gasteiger partial charge in [0.2, 0.25) is 5.82 Å². The maximum atomic E-state index is 14.6. The minimum absolute atomic E-state index is 0.211. The molecule has 0 aliphatic carbocycles. The van der Waals surface area contributed by atoms with Crippen molar-refractivity contribution in [3.63, 3.8) is 0 Å². The predicted molar refractivity (Wildman–Crippen MR) is 90.7 cm³/mol. The summed E-state index contributed by atoms with van der Waals surface area (Å²) in [6, 6.07) is 8.09. The zero-order valence-electron chi connectivity index (χ0n) is 14.1. The predicted octanol–water partition coefficient (Wildman–Crippen LogP) is 2.42. The molecule has 1 aliphatic heterocycles. The van der Waals surface area contributed by atoms with Gasteiger partial charge in [-0.15, -0.1) is 10.2 Å². The number of anilines is 1. The lowest BCUT2D eigenvalue weighted by Crippen LogP contribution is -2.24. The maximum Gasteiger partial charge on any atom is 0.414 e. The summed E-state index contributed by atoms with van der Waals surface area (Å²) in [5.74, 6) is -0.0430. The summed E-state index contributed by atoms with van der Waals surface area (Å²) >= 11 is 0. The van der Waals surface area contributed by atoms with E-state index < -0.39 is 11.9 Å². The average Bonchev–Trinajstić information content (AvgIpc) is 3.20. The fourth-order valence-electron chi connectivity index (χ4n) is 2.79. The number of benzene rings is 1. The molecule has 3 heterocycles. The van der Waals surface area contributed by atoms with Crippen molar-refractivity contribution >= 4 is 11.8 Å². The lowest BCUT2D eigenvalue weighted by Gasteiger charge is -2.14. The fourth-order valence-corrected chi connectivity index (χ4v) is 2.79. The van der Waals surface area contributed by atoms with E-state index in [1.807, 2.05) is 0 Å². The van der Waals surface area contributed by atoms with E-state index in [1.165, 1.54) is 15.8 Å². The number of aryl methyl sites for hydroxylation is 1. The highest BCUT2D eigenvalue weighted by Gasteiger charge is 2.29. The summed E-state index contributed by atoms with van der Waals surface area (Å²) in [7, 11) is 1.67. The second kappa shape index (κ2) is 6.17. The van der Waals surface area contributed by atoms with Crippen LogP contribution in [-0.2, 0) is 11.8 Å². The molecule has 0 spiro atoms. The van der Waals surface area contributed by atoms with Gasteiger partial charge in [-0.3, -0.25) is 9.88 Å². The van der Waals surface area contributed by atoms with Gasteiger partial charge in [0.1, 0.15) is 17.6 Å². The number of hydrogen-bond donors (Lipinski definition) is 0. The van der Waals surface area contributed by atoms with Gasteiger partial charge in [0, 0.05) is 17.3 Å². The Hall–Kier alpha value is -3.36. The highest BCUT2D eigenvalue weighted by molar-refractivity contribution is 5.90. The van der Waals surface area contributed by atoms with Gasteiger partial charge in [-0.05, 0) is 36.4 Å². The van der Waals surface area contributed by atoms with E-state index in [9.17, 15) is 9.18 Å². The minimum Gasteiger partial charge on any atom is -0.444 e. The van der Waals surface area contributed by atoms with E-state index in [0.29, 0.717) is 34.9 Å². The molecule has 0 bridgehead atoms. The highest BCUT2D eigenvalue weighted by Crippen LogP contribution is 2.29. The van der Waals surface area contributed by atoms with Gasteiger partial charge in [0.25, 0.3) is 0 Å². The number of rotatable bonds is 3. The molecule has 4 rings (SSSR count). The maximum absolute atomic E-state index is 14.6. The zero-order valence-corrected chi connectivity index (χ0v) is 14.1. The Balaban J connectivity index is 1.61. The molecule has 1 fully saturated rings. The van der Waals surface area contributed by atoms with Crippen LogP contribution in [0.15, 0.2) is 36.5 Å². The van der Waals surface area contributed by atoms with E-state index >= 15 is 0 Å². The van der Waals surface area contributed by atoms with Crippen molar-refractivity contribution in [2.24, 2.45) is 7.05 Å². The normalized spacial score (nSPS) is 16.8. The number of pyridine rings is 1. The monoisotopic (exact) mass is 354 g/mol. The molecule has 1 saturated heterocycles. The van der Waals surface area contributed by atoms with Crippen molar-refractivity contribution in [3.05, 3.63) is 42.3 Å². The SMILES string of the molecule is C[C@@H]1CN(c2ccc(-c3ccc(-c4nnn(C)n4)nc3)c(F)c2)C(=O)O1. The molecule has 1 amide bonds. The number of nitrogens with zero attached hydrogens (tertiary/aromatic N) is 6. The number of tetrazole rings is 1. The van der Waals surface area contributed by atoms with Crippen LogP contribution < -0.4 is 4.90 Å². The van der Waals surface area contributed by atoms with Crippen molar-refractivity contribution in [2.75, 3.05) is 11.4 Å². The third-order valence-corrected chi connectivity index (χ3v) is 4.04. The fraction of sp³-hybridized carbons (Fsp3) is 0.235. The highest BCUT2D eigenvalue weighted by atomic mass is 19.1. The van der Waals surface area contributed by atoms with E-state index in [-0.39, 0.29) is 6.10 Å². The van der Waals surface area contributed by atoms with Crippen LogP contribution in [0, 0.1) is 5.82 Å². The van der Waals surface area contributed by atoms with E-state index in [2.05, 4.69) is 20.4 Å². The smallest absolute Gasteiger partial charge is 0.414 e. The van der Waals surface area contributed by atoms with Crippen molar-refractivity contribution in [1.82, 2.24) is 25.2 Å². The van der Waals surface area contributed by atoms with Crippen molar-refractivity contribution in [1.29, 1.82) is 0 Å². The van der Waals surface area contributed by atoms with Gasteiger partial charge in [-0.2, -0.15) is 4.80 Å². The third kappa shape index (κ3) is 2.87. The van der Waals surface area contributed by atoms with E-state index in [1.54, 1.807) is 44.4 Å². The number of cyclic esters (lactones) is 1. The topological polar surface area (TPSA) is 86.0 Å². The summed E-state index contributed by atoms with van der Waals surface area (Å²) < 4.78 is 19.7. The summed E-state index contributed by atoms with van der Waals surface area (Å²) in [5.41, 5.74) is 2.01. The van der Waals surface area contributed by atoms with Crippen LogP contribution in [0.2, 0.25) is 0 Å². The van der Waals surface area contributed by atoms with Crippen LogP contribution in [-0.4, -0.2) is 43.9 Å². The quantitative estimate of drug-likeness (QED) is 0.718. The van der Waals surface area contributed by atoms with E-state index in [4.69, 9.17) is 4.74 Å². The molecule has 1 aliphatic rings. The van der Waals surface area contributed by atoms with Crippen molar-refractivity contribution < 1.29 is 13.9 Å². The first-order valence-corrected chi connectivity index (χ1v) is 8.00. The van der Waals surface area contributed by atoms with Gasteiger partial charge in [0.15, 0.2) is 0 Å². The molecular weight excluding hydrogens is 339 g/mol. The molecule has 0 saturated carbocycles. The molecule has 26 heavy (non-hydrogen) atoms. The van der Waals surface area contributed by atoms with E-state index in [0.717, 1.165) is 0 Å². The largest absolute Gasteiger partial charge is 0.444 e. The third-order valence-electron chi connectivity index (χ3n) is 4.04. The first kappa shape index (κ1) is 16.1. The Bertz CT molecular complexity index is 972. The van der Waals surface area contributed by atoms with Gasteiger partial charge < -0.3 is 4.74 Å². The number of ether oxygens (including phenoxy) is 1. The number of amides is 1. The number of carbonyl (C=O) groups excluding carboxylic acids is 1. The summed E-state index contributed by atoms with van der Waals surface area (Å²) in [6.07, 6.45) is 0.875. The lowest BCUT2D eigenvalue weighted by atomic mass is 10.1. The van der Waals surface area contributed by atoms with Crippen LogP contribution in [0.25, 0.3) is 22.6 Å². The lowest BCUT2D eigenvalue weighted by molar-refractivity contribution is 0.150. The molecule has 132 valence electrons. The van der Waals surface area contributed by atoms with Crippen molar-refractivity contribution in [2.45, 2.75) is 13.0 Å². The zero-order chi connectivity index (χ0) is 18.3. The number of halogens is 1. The molecule has 9 heteroatoms. The first-order valence-electron chi connectivity index (χ1n) is 8.00. The number of aromatic nitrogens is 5. The van der Waals surface area contributed by atoms with Gasteiger partial charge in [-0.25, -0.2) is 9.18 Å². The summed E-state index contributed by atoms with van der Waals surface area (Å²) in [4.78, 5) is 18.8. The van der Waals surface area contributed by atoms with Gasteiger partial charge >= 0.3 is 6.09 Å². The van der Waals surface area contributed by atoms with Crippen LogP contribution in [0.1, 0.15) is 6.92 Å².